The van der Waals surface area contributed by atoms with E-state index in [4.69, 9.17) is 0 Å². The zero-order valence-corrected chi connectivity index (χ0v) is 14.0. The molecule has 1 aliphatic carbocycles. The van der Waals surface area contributed by atoms with E-state index in [2.05, 4.69) is 34.5 Å². The van der Waals surface area contributed by atoms with Gasteiger partial charge in [0.1, 0.15) is 0 Å². The highest BCUT2D eigenvalue weighted by atomic mass is 16.2. The Hall–Kier alpha value is -1.35. The molecule has 2 aliphatic heterocycles. The Kier molecular flexibility index (Phi) is 4.39. The van der Waals surface area contributed by atoms with Crippen LogP contribution in [0.15, 0.2) is 24.3 Å². The van der Waals surface area contributed by atoms with Crippen LogP contribution in [-0.2, 0) is 0 Å². The van der Waals surface area contributed by atoms with Gasteiger partial charge < -0.3 is 10.2 Å². The van der Waals surface area contributed by atoms with Crippen LogP contribution in [0.1, 0.15) is 73.2 Å². The molecule has 2 atom stereocenters. The van der Waals surface area contributed by atoms with Crippen molar-refractivity contribution in [3.63, 3.8) is 0 Å². The van der Waals surface area contributed by atoms with Crippen molar-refractivity contribution in [2.45, 2.75) is 69.4 Å². The topological polar surface area (TPSA) is 32.3 Å². The maximum Gasteiger partial charge on any atom is 0.253 e. The molecule has 2 unspecified atom stereocenters. The van der Waals surface area contributed by atoms with Gasteiger partial charge in [-0.2, -0.15) is 0 Å². The normalized spacial score (nSPS) is 28.6. The zero-order chi connectivity index (χ0) is 15.6. The van der Waals surface area contributed by atoms with Gasteiger partial charge in [0.05, 0.1) is 0 Å². The van der Waals surface area contributed by atoms with E-state index < -0.39 is 0 Å². The van der Waals surface area contributed by atoms with Gasteiger partial charge in [0.25, 0.3) is 5.91 Å². The van der Waals surface area contributed by atoms with E-state index in [1.54, 1.807) is 0 Å². The number of hydrogen-bond acceptors (Lipinski definition) is 2. The fraction of sp³-hybridized carbons (Fsp3) is 0.650. The summed E-state index contributed by atoms with van der Waals surface area (Å²) >= 11 is 0. The number of carbonyl (C=O) groups is 1. The summed E-state index contributed by atoms with van der Waals surface area (Å²) in [6, 6.07) is 9.65. The summed E-state index contributed by atoms with van der Waals surface area (Å²) in [6.45, 7) is 1.77. The van der Waals surface area contributed by atoms with Crippen LogP contribution >= 0.6 is 0 Å². The van der Waals surface area contributed by atoms with Gasteiger partial charge in [-0.05, 0) is 55.7 Å². The first-order valence-electron chi connectivity index (χ1n) is 9.45. The Balaban J connectivity index is 1.43. The lowest BCUT2D eigenvalue weighted by Crippen LogP contribution is -2.39. The van der Waals surface area contributed by atoms with Gasteiger partial charge in [-0.15, -0.1) is 0 Å². The summed E-state index contributed by atoms with van der Waals surface area (Å²) in [4.78, 5) is 14.9. The predicted molar refractivity (Wildman–Crippen MR) is 92.7 cm³/mol. The minimum absolute atomic E-state index is 0.217. The first-order valence-corrected chi connectivity index (χ1v) is 9.45. The van der Waals surface area contributed by atoms with Crippen LogP contribution in [0.5, 0.6) is 0 Å². The van der Waals surface area contributed by atoms with E-state index in [-0.39, 0.29) is 5.91 Å². The fourth-order valence-electron chi connectivity index (χ4n) is 4.64. The summed E-state index contributed by atoms with van der Waals surface area (Å²) in [6.07, 6.45) is 10.3. The number of hydrogen-bond donors (Lipinski definition) is 1. The van der Waals surface area contributed by atoms with Crippen LogP contribution in [0.25, 0.3) is 0 Å². The molecular formula is C20H28N2O. The SMILES string of the molecule is O=C(c1ccc(C2CCCCC2)cc1)N1CCC2CCC(C1)N2. The van der Waals surface area contributed by atoms with Gasteiger partial charge in [0.2, 0.25) is 0 Å². The molecule has 0 aromatic heterocycles. The Morgan fingerprint density at radius 3 is 2.43 bits per heavy atom. The molecule has 2 saturated heterocycles. The van der Waals surface area contributed by atoms with E-state index >= 15 is 0 Å². The smallest absolute Gasteiger partial charge is 0.253 e. The van der Waals surface area contributed by atoms with Crippen molar-refractivity contribution in [1.82, 2.24) is 10.2 Å². The van der Waals surface area contributed by atoms with E-state index in [0.717, 1.165) is 25.1 Å². The molecule has 0 radical (unpaired) electrons. The highest BCUT2D eigenvalue weighted by Gasteiger charge is 2.31. The first-order chi connectivity index (χ1) is 11.3. The average molecular weight is 312 g/mol. The van der Waals surface area contributed by atoms with Crippen molar-refractivity contribution < 1.29 is 4.79 Å². The summed E-state index contributed by atoms with van der Waals surface area (Å²) < 4.78 is 0. The summed E-state index contributed by atoms with van der Waals surface area (Å²) in [5, 5.41) is 3.65. The second-order valence-corrected chi connectivity index (χ2v) is 7.63. The third-order valence-corrected chi connectivity index (χ3v) is 6.04. The second kappa shape index (κ2) is 6.64. The molecule has 3 nitrogen and oxygen atoms in total. The Labute approximate surface area is 139 Å². The molecule has 1 aromatic rings. The Bertz CT molecular complexity index is 547. The number of benzene rings is 1. The minimum Gasteiger partial charge on any atom is -0.337 e. The molecule has 3 aliphatic rings. The van der Waals surface area contributed by atoms with Crippen molar-refractivity contribution in [2.24, 2.45) is 0 Å². The maximum atomic E-state index is 12.8. The first kappa shape index (κ1) is 15.2. The lowest BCUT2D eigenvalue weighted by atomic mass is 9.84. The van der Waals surface area contributed by atoms with Gasteiger partial charge in [0.15, 0.2) is 0 Å². The van der Waals surface area contributed by atoms with Gasteiger partial charge in [-0.25, -0.2) is 0 Å². The van der Waals surface area contributed by atoms with Gasteiger partial charge in [-0.1, -0.05) is 31.4 Å². The molecule has 124 valence electrons. The number of amides is 1. The van der Waals surface area contributed by atoms with Crippen molar-refractivity contribution in [1.29, 1.82) is 0 Å². The molecule has 3 heteroatoms. The lowest BCUT2D eigenvalue weighted by Gasteiger charge is -2.25. The molecule has 2 bridgehead atoms. The standard InChI is InChI=1S/C20H28N2O/c23-20(22-13-12-18-10-11-19(14-22)21-18)17-8-6-16(7-9-17)15-4-2-1-3-5-15/h6-9,15,18-19,21H,1-5,10-14H2. The van der Waals surface area contributed by atoms with Gasteiger partial charge in [-0.3, -0.25) is 4.79 Å². The molecule has 3 fully saturated rings. The molecule has 2 heterocycles. The number of nitrogens with zero attached hydrogens (tertiary/aromatic N) is 1. The van der Waals surface area contributed by atoms with Crippen LogP contribution in [0, 0.1) is 0 Å². The molecule has 1 N–H and O–H groups in total. The van der Waals surface area contributed by atoms with Crippen molar-refractivity contribution in [3.05, 3.63) is 35.4 Å². The molecule has 1 saturated carbocycles. The summed E-state index contributed by atoms with van der Waals surface area (Å²) in [5.41, 5.74) is 2.29. The number of likely N-dealkylation sites (tertiary alicyclic amines) is 1. The number of rotatable bonds is 2. The second-order valence-electron chi connectivity index (χ2n) is 7.63. The van der Waals surface area contributed by atoms with E-state index in [9.17, 15) is 4.79 Å². The number of nitrogens with one attached hydrogen (secondary N) is 1. The highest BCUT2D eigenvalue weighted by molar-refractivity contribution is 5.94. The molecule has 4 rings (SSSR count). The summed E-state index contributed by atoms with van der Waals surface area (Å²) in [7, 11) is 0. The quantitative estimate of drug-likeness (QED) is 0.903. The average Bonchev–Trinajstić information content (AvgIpc) is 2.94. The minimum atomic E-state index is 0.217. The van der Waals surface area contributed by atoms with Crippen LogP contribution in [0.2, 0.25) is 0 Å². The Morgan fingerprint density at radius 1 is 0.913 bits per heavy atom. The largest absolute Gasteiger partial charge is 0.337 e. The molecule has 23 heavy (non-hydrogen) atoms. The zero-order valence-electron chi connectivity index (χ0n) is 14.0. The highest BCUT2D eigenvalue weighted by Crippen LogP contribution is 2.32. The monoisotopic (exact) mass is 312 g/mol. The van der Waals surface area contributed by atoms with Crippen LogP contribution in [0.3, 0.4) is 0 Å². The van der Waals surface area contributed by atoms with Gasteiger partial charge in [0, 0.05) is 30.7 Å². The molecule has 0 spiro atoms. The van der Waals surface area contributed by atoms with E-state index in [1.807, 2.05) is 0 Å². The summed E-state index contributed by atoms with van der Waals surface area (Å²) in [5.74, 6) is 0.931. The van der Waals surface area contributed by atoms with Crippen LogP contribution in [-0.4, -0.2) is 36.0 Å². The third-order valence-electron chi connectivity index (χ3n) is 6.04. The Morgan fingerprint density at radius 2 is 1.65 bits per heavy atom. The lowest BCUT2D eigenvalue weighted by molar-refractivity contribution is 0.0748. The van der Waals surface area contributed by atoms with Crippen molar-refractivity contribution in [3.8, 4) is 0 Å². The number of fused-ring (bicyclic) bond motifs is 2. The number of carbonyl (C=O) groups excluding carboxylic acids is 1. The predicted octanol–water partition coefficient (Wildman–Crippen LogP) is 3.70. The third kappa shape index (κ3) is 3.30. The molecule has 1 amide bonds. The van der Waals surface area contributed by atoms with E-state index in [1.165, 1.54) is 50.5 Å². The fourth-order valence-corrected chi connectivity index (χ4v) is 4.64. The van der Waals surface area contributed by atoms with Crippen LogP contribution in [0.4, 0.5) is 0 Å². The maximum absolute atomic E-state index is 12.8. The van der Waals surface area contributed by atoms with Crippen molar-refractivity contribution >= 4 is 5.91 Å². The molecular weight excluding hydrogens is 284 g/mol. The van der Waals surface area contributed by atoms with Crippen LogP contribution < -0.4 is 5.32 Å². The van der Waals surface area contributed by atoms with Crippen molar-refractivity contribution in [2.75, 3.05) is 13.1 Å². The van der Waals surface area contributed by atoms with E-state index in [0.29, 0.717) is 18.0 Å². The van der Waals surface area contributed by atoms with Gasteiger partial charge >= 0.3 is 0 Å². The molecule has 1 aromatic carbocycles.